The number of hydrogen-bond donors (Lipinski definition) is 0. The summed E-state index contributed by atoms with van der Waals surface area (Å²) in [6.45, 7) is 4.75. The molecule has 1 saturated heterocycles. The zero-order valence-corrected chi connectivity index (χ0v) is 9.48. The summed E-state index contributed by atoms with van der Waals surface area (Å²) in [6, 6.07) is 6.06. The van der Waals surface area contributed by atoms with Crippen LogP contribution < -0.4 is 4.90 Å². The number of piperazine rings is 1. The third-order valence-electron chi connectivity index (χ3n) is 2.65. The lowest BCUT2D eigenvalue weighted by Gasteiger charge is -2.39. The highest BCUT2D eigenvalue weighted by molar-refractivity contribution is 6.29. The van der Waals surface area contributed by atoms with Gasteiger partial charge in [-0.25, -0.2) is 4.98 Å². The van der Waals surface area contributed by atoms with Crippen molar-refractivity contribution < 1.29 is 0 Å². The molecule has 0 spiro atoms. The van der Waals surface area contributed by atoms with Gasteiger partial charge in [0.25, 0.3) is 0 Å². The predicted octanol–water partition coefficient (Wildman–Crippen LogP) is 1.33. The number of anilines is 1. The van der Waals surface area contributed by atoms with Crippen LogP contribution in [0.3, 0.4) is 0 Å². The zero-order chi connectivity index (χ0) is 10.8. The van der Waals surface area contributed by atoms with Gasteiger partial charge in [-0.2, -0.15) is 0 Å². The number of rotatable bonds is 1. The van der Waals surface area contributed by atoms with Crippen LogP contribution in [0.2, 0.25) is 5.15 Å². The van der Waals surface area contributed by atoms with Crippen molar-refractivity contribution in [2.45, 2.75) is 13.0 Å². The molecule has 3 nitrogen and oxygen atoms in total. The number of pyridine rings is 1. The molecule has 78 valence electrons. The van der Waals surface area contributed by atoms with Gasteiger partial charge in [0.1, 0.15) is 11.0 Å². The topological polar surface area (TPSA) is 19.4 Å². The lowest BCUT2D eigenvalue weighted by atomic mass is 10.1. The smallest absolute Gasteiger partial charge is 0.182 e. The second-order valence-electron chi connectivity index (χ2n) is 3.86. The molecule has 2 heterocycles. The van der Waals surface area contributed by atoms with Gasteiger partial charge in [-0.1, -0.05) is 17.7 Å². The van der Waals surface area contributed by atoms with Crippen molar-refractivity contribution >= 4 is 25.4 Å². The first-order valence-electron chi connectivity index (χ1n) is 5.05. The van der Waals surface area contributed by atoms with Crippen LogP contribution >= 0.6 is 11.6 Å². The van der Waals surface area contributed by atoms with Crippen molar-refractivity contribution in [3.8, 4) is 0 Å². The largest absolute Gasteiger partial charge is 0.351 e. The van der Waals surface area contributed by atoms with Gasteiger partial charge in [0, 0.05) is 25.7 Å². The lowest BCUT2D eigenvalue weighted by Crippen LogP contribution is -2.51. The molecule has 1 aromatic heterocycles. The Hall–Kier alpha value is -0.735. The Bertz CT molecular complexity index is 347. The molecular weight excluding hydrogens is 208 g/mol. The normalized spacial score (nSPS) is 23.1. The Kier molecular flexibility index (Phi) is 3.17. The van der Waals surface area contributed by atoms with Gasteiger partial charge < -0.3 is 9.71 Å². The van der Waals surface area contributed by atoms with Crippen molar-refractivity contribution in [2.75, 3.05) is 24.5 Å². The summed E-state index contributed by atoms with van der Waals surface area (Å²) >= 11 is 5.87. The molecule has 1 fully saturated rings. The number of halogens is 1. The Morgan fingerprint density at radius 1 is 1.47 bits per heavy atom. The van der Waals surface area contributed by atoms with Gasteiger partial charge >= 0.3 is 0 Å². The van der Waals surface area contributed by atoms with E-state index >= 15 is 0 Å². The van der Waals surface area contributed by atoms with Crippen molar-refractivity contribution in [1.29, 1.82) is 0 Å². The molecule has 0 bridgehead atoms. The average molecular weight is 221 g/mol. The summed E-state index contributed by atoms with van der Waals surface area (Å²) in [7, 11) is 5.76. The first-order chi connectivity index (χ1) is 7.16. The van der Waals surface area contributed by atoms with Crippen molar-refractivity contribution in [3.05, 3.63) is 23.4 Å². The molecule has 0 saturated carbocycles. The van der Waals surface area contributed by atoms with Crippen molar-refractivity contribution in [2.24, 2.45) is 0 Å². The summed E-state index contributed by atoms with van der Waals surface area (Å²) in [5.41, 5.74) is 0. The van der Waals surface area contributed by atoms with Gasteiger partial charge in [-0.15, -0.1) is 0 Å². The van der Waals surface area contributed by atoms with E-state index in [1.54, 1.807) is 6.07 Å². The molecule has 0 amide bonds. The standard InChI is InChI=1S/C10H13BClN3/c1-8-7-14(11)5-6-15(8)10-4-2-3-9(12)13-10/h2-4,8H,5-7H2,1H3/t8-/m0/s1. The summed E-state index contributed by atoms with van der Waals surface area (Å²) < 4.78 is 0. The maximum atomic E-state index is 5.87. The van der Waals surface area contributed by atoms with Crippen LogP contribution in [0, 0.1) is 0 Å². The predicted molar refractivity (Wildman–Crippen MR) is 63.4 cm³/mol. The molecule has 2 rings (SSSR count). The van der Waals surface area contributed by atoms with E-state index in [1.165, 1.54) is 0 Å². The summed E-state index contributed by atoms with van der Waals surface area (Å²) in [6.07, 6.45) is 0. The summed E-state index contributed by atoms with van der Waals surface area (Å²) in [5.74, 6) is 0.933. The maximum absolute atomic E-state index is 5.87. The Balaban J connectivity index is 2.17. The fraction of sp³-hybridized carbons (Fsp3) is 0.500. The molecule has 15 heavy (non-hydrogen) atoms. The van der Waals surface area contributed by atoms with Crippen LogP contribution in [0.4, 0.5) is 5.82 Å². The molecule has 0 aliphatic carbocycles. The van der Waals surface area contributed by atoms with E-state index < -0.39 is 0 Å². The highest BCUT2D eigenvalue weighted by Gasteiger charge is 2.21. The van der Waals surface area contributed by atoms with Gasteiger partial charge in [0.05, 0.1) is 0 Å². The van der Waals surface area contributed by atoms with E-state index in [4.69, 9.17) is 19.6 Å². The van der Waals surface area contributed by atoms with E-state index in [2.05, 4.69) is 16.8 Å². The fourth-order valence-electron chi connectivity index (χ4n) is 1.88. The van der Waals surface area contributed by atoms with Crippen LogP contribution in [-0.4, -0.2) is 43.5 Å². The quantitative estimate of drug-likeness (QED) is 0.527. The van der Waals surface area contributed by atoms with Crippen molar-refractivity contribution in [1.82, 2.24) is 9.79 Å². The van der Waals surface area contributed by atoms with E-state index in [0.29, 0.717) is 11.2 Å². The monoisotopic (exact) mass is 221 g/mol. The molecule has 0 N–H and O–H groups in total. The molecule has 0 unspecified atom stereocenters. The highest BCUT2D eigenvalue weighted by atomic mass is 35.5. The molecule has 0 aromatic carbocycles. The van der Waals surface area contributed by atoms with E-state index in [0.717, 1.165) is 25.5 Å². The van der Waals surface area contributed by atoms with E-state index in [9.17, 15) is 0 Å². The molecule has 2 radical (unpaired) electrons. The van der Waals surface area contributed by atoms with Gasteiger partial charge in [0.2, 0.25) is 0 Å². The third-order valence-corrected chi connectivity index (χ3v) is 2.86. The SMILES string of the molecule is [B]N1CCN(c2cccc(Cl)n2)[C@@H](C)C1. The Labute approximate surface area is 96.5 Å². The summed E-state index contributed by atoms with van der Waals surface area (Å²) in [5, 5.41) is 0.537. The molecule has 1 aromatic rings. The van der Waals surface area contributed by atoms with E-state index in [1.807, 2.05) is 16.9 Å². The van der Waals surface area contributed by atoms with Crippen LogP contribution in [-0.2, 0) is 0 Å². The summed E-state index contributed by atoms with van der Waals surface area (Å²) in [4.78, 5) is 8.37. The van der Waals surface area contributed by atoms with Gasteiger partial charge in [-0.3, -0.25) is 0 Å². The molecule has 5 heteroatoms. The van der Waals surface area contributed by atoms with Gasteiger partial charge in [-0.05, 0) is 19.1 Å². The molecule has 1 atom stereocenters. The minimum atomic E-state index is 0.370. The van der Waals surface area contributed by atoms with E-state index in [-0.39, 0.29) is 0 Å². The highest BCUT2D eigenvalue weighted by Crippen LogP contribution is 2.19. The van der Waals surface area contributed by atoms with Gasteiger partial charge in [0.15, 0.2) is 7.98 Å². The zero-order valence-electron chi connectivity index (χ0n) is 8.73. The van der Waals surface area contributed by atoms with Crippen molar-refractivity contribution in [3.63, 3.8) is 0 Å². The second-order valence-corrected chi connectivity index (χ2v) is 4.24. The third kappa shape index (κ3) is 2.44. The van der Waals surface area contributed by atoms with Crippen LogP contribution in [0.5, 0.6) is 0 Å². The number of aromatic nitrogens is 1. The van der Waals surface area contributed by atoms with Crippen LogP contribution in [0.25, 0.3) is 0 Å². The average Bonchev–Trinajstić information content (AvgIpc) is 2.17. The lowest BCUT2D eigenvalue weighted by molar-refractivity contribution is 0.360. The fourth-order valence-corrected chi connectivity index (χ4v) is 2.04. The first-order valence-corrected chi connectivity index (χ1v) is 5.43. The number of nitrogens with zero attached hydrogens (tertiary/aromatic N) is 3. The Morgan fingerprint density at radius 3 is 2.93 bits per heavy atom. The maximum Gasteiger partial charge on any atom is 0.182 e. The minimum Gasteiger partial charge on any atom is -0.351 e. The molecule has 1 aliphatic rings. The molecule has 1 aliphatic heterocycles. The second kappa shape index (κ2) is 4.41. The minimum absolute atomic E-state index is 0.370. The van der Waals surface area contributed by atoms with Crippen LogP contribution in [0.15, 0.2) is 18.2 Å². The van der Waals surface area contributed by atoms with Crippen LogP contribution in [0.1, 0.15) is 6.92 Å². The number of hydrogen-bond acceptors (Lipinski definition) is 3. The Morgan fingerprint density at radius 2 is 2.27 bits per heavy atom. The molecular formula is C10H13BClN3. The first kappa shape index (κ1) is 10.8.